The molecule has 2 aromatic rings. The van der Waals surface area contributed by atoms with Crippen LogP contribution in [0.5, 0.6) is 5.75 Å². The Hall–Kier alpha value is -2.87. The molecule has 1 atom stereocenters. The van der Waals surface area contributed by atoms with E-state index in [9.17, 15) is 14.9 Å². The van der Waals surface area contributed by atoms with E-state index in [-0.39, 0.29) is 17.9 Å². The van der Waals surface area contributed by atoms with Gasteiger partial charge in [-0.2, -0.15) is 0 Å². The minimum atomic E-state index is -1.12. The standard InChI is InChI=1S/C14H14N2O6/c1-21-13-6-8(16(19)20)2-4-10(13)12-5-3-9(22-12)7-11(15)14(17)18/h2-6,11H,7,15H2,1H3,(H,17,18). The number of ether oxygens (including phenoxy) is 1. The van der Waals surface area contributed by atoms with E-state index in [1.807, 2.05) is 0 Å². The summed E-state index contributed by atoms with van der Waals surface area (Å²) in [6, 6.07) is 6.32. The lowest BCUT2D eigenvalue weighted by atomic mass is 10.1. The van der Waals surface area contributed by atoms with Crippen LogP contribution in [0.4, 0.5) is 5.69 Å². The molecule has 0 aliphatic rings. The number of nitrogens with zero attached hydrogens (tertiary/aromatic N) is 1. The molecule has 116 valence electrons. The van der Waals surface area contributed by atoms with Gasteiger partial charge in [0.15, 0.2) is 0 Å². The van der Waals surface area contributed by atoms with Crippen LogP contribution in [0.3, 0.4) is 0 Å². The first-order chi connectivity index (χ1) is 10.4. The van der Waals surface area contributed by atoms with Crippen molar-refractivity contribution in [2.75, 3.05) is 7.11 Å². The Balaban J connectivity index is 2.30. The maximum Gasteiger partial charge on any atom is 0.320 e. The molecular formula is C14H14N2O6. The predicted octanol–water partition coefficient (Wildman–Crippen LogP) is 1.82. The van der Waals surface area contributed by atoms with E-state index >= 15 is 0 Å². The maximum absolute atomic E-state index is 10.8. The first-order valence-corrected chi connectivity index (χ1v) is 6.32. The summed E-state index contributed by atoms with van der Waals surface area (Å²) in [6.07, 6.45) is 0.0463. The van der Waals surface area contributed by atoms with Gasteiger partial charge < -0.3 is 20.0 Å². The molecule has 3 N–H and O–H groups in total. The SMILES string of the molecule is COc1cc([N+](=O)[O-])ccc1-c1ccc(CC(N)C(=O)O)o1. The fourth-order valence-electron chi connectivity index (χ4n) is 1.93. The summed E-state index contributed by atoms with van der Waals surface area (Å²) in [5.41, 5.74) is 5.88. The third-order valence-corrected chi connectivity index (χ3v) is 3.06. The number of benzene rings is 1. The zero-order chi connectivity index (χ0) is 16.3. The summed E-state index contributed by atoms with van der Waals surface area (Å²) in [6.45, 7) is 0. The Morgan fingerprint density at radius 2 is 2.18 bits per heavy atom. The molecule has 1 unspecified atom stereocenters. The van der Waals surface area contributed by atoms with Gasteiger partial charge in [-0.15, -0.1) is 0 Å². The van der Waals surface area contributed by atoms with Gasteiger partial charge >= 0.3 is 5.97 Å². The van der Waals surface area contributed by atoms with Crippen LogP contribution in [-0.2, 0) is 11.2 Å². The van der Waals surface area contributed by atoms with Crippen LogP contribution >= 0.6 is 0 Å². The van der Waals surface area contributed by atoms with Crippen molar-refractivity contribution >= 4 is 11.7 Å². The Morgan fingerprint density at radius 3 is 2.77 bits per heavy atom. The Labute approximate surface area is 125 Å². The molecule has 0 bridgehead atoms. The predicted molar refractivity (Wildman–Crippen MR) is 76.7 cm³/mol. The molecule has 22 heavy (non-hydrogen) atoms. The van der Waals surface area contributed by atoms with Crippen LogP contribution in [0.1, 0.15) is 5.76 Å². The zero-order valence-corrected chi connectivity index (χ0v) is 11.7. The third kappa shape index (κ3) is 3.23. The summed E-state index contributed by atoms with van der Waals surface area (Å²) in [4.78, 5) is 21.0. The number of carboxylic acids is 1. The number of non-ortho nitro benzene ring substituents is 1. The van der Waals surface area contributed by atoms with Gasteiger partial charge in [0.2, 0.25) is 0 Å². The molecule has 8 heteroatoms. The van der Waals surface area contributed by atoms with Gasteiger partial charge in [0, 0.05) is 12.5 Å². The highest BCUT2D eigenvalue weighted by Crippen LogP contribution is 2.34. The number of carbonyl (C=O) groups is 1. The second-order valence-corrected chi connectivity index (χ2v) is 4.56. The van der Waals surface area contributed by atoms with Crippen molar-refractivity contribution in [3.63, 3.8) is 0 Å². The van der Waals surface area contributed by atoms with E-state index < -0.39 is 16.9 Å². The highest BCUT2D eigenvalue weighted by atomic mass is 16.6. The van der Waals surface area contributed by atoms with Gasteiger partial charge in [-0.3, -0.25) is 14.9 Å². The van der Waals surface area contributed by atoms with Crippen LogP contribution in [0.25, 0.3) is 11.3 Å². The second-order valence-electron chi connectivity index (χ2n) is 4.56. The van der Waals surface area contributed by atoms with Crippen LogP contribution in [0, 0.1) is 10.1 Å². The number of nitro benzene ring substituents is 1. The Morgan fingerprint density at radius 1 is 1.45 bits per heavy atom. The monoisotopic (exact) mass is 306 g/mol. The van der Waals surface area contributed by atoms with Gasteiger partial charge in [0.1, 0.15) is 23.3 Å². The van der Waals surface area contributed by atoms with Crippen LogP contribution in [0.2, 0.25) is 0 Å². The molecule has 0 fully saturated rings. The molecule has 0 saturated carbocycles. The third-order valence-electron chi connectivity index (χ3n) is 3.06. The second kappa shape index (κ2) is 6.27. The fraction of sp³-hybridized carbons (Fsp3) is 0.214. The largest absolute Gasteiger partial charge is 0.496 e. The first kappa shape index (κ1) is 15.5. The molecule has 1 aromatic heterocycles. The van der Waals surface area contributed by atoms with Crippen molar-refractivity contribution < 1.29 is 24.0 Å². The van der Waals surface area contributed by atoms with E-state index in [0.717, 1.165) is 0 Å². The molecule has 1 aromatic carbocycles. The molecule has 0 radical (unpaired) electrons. The number of hydrogen-bond acceptors (Lipinski definition) is 6. The van der Waals surface area contributed by atoms with E-state index in [4.69, 9.17) is 20.0 Å². The molecule has 0 aliphatic heterocycles. The zero-order valence-electron chi connectivity index (χ0n) is 11.7. The molecular weight excluding hydrogens is 292 g/mol. The highest BCUT2D eigenvalue weighted by molar-refractivity contribution is 5.73. The van der Waals surface area contributed by atoms with Crippen molar-refractivity contribution in [3.05, 3.63) is 46.2 Å². The van der Waals surface area contributed by atoms with Crippen molar-refractivity contribution in [3.8, 4) is 17.1 Å². The van der Waals surface area contributed by atoms with E-state index in [2.05, 4.69) is 0 Å². The normalized spacial score (nSPS) is 11.9. The van der Waals surface area contributed by atoms with E-state index in [0.29, 0.717) is 17.1 Å². The Bertz CT molecular complexity index is 709. The lowest BCUT2D eigenvalue weighted by Gasteiger charge is -2.06. The van der Waals surface area contributed by atoms with Gasteiger partial charge in [-0.25, -0.2) is 0 Å². The quantitative estimate of drug-likeness (QED) is 0.615. The fourth-order valence-corrected chi connectivity index (χ4v) is 1.93. The Kier molecular flexibility index (Phi) is 4.42. The van der Waals surface area contributed by atoms with Gasteiger partial charge in [-0.1, -0.05) is 0 Å². The topological polar surface area (TPSA) is 129 Å². The number of aliphatic carboxylic acids is 1. The summed E-state index contributed by atoms with van der Waals surface area (Å²) in [5, 5.41) is 19.5. The number of nitro groups is 1. The van der Waals surface area contributed by atoms with Crippen LogP contribution in [0.15, 0.2) is 34.7 Å². The molecule has 8 nitrogen and oxygen atoms in total. The molecule has 1 heterocycles. The lowest BCUT2D eigenvalue weighted by molar-refractivity contribution is -0.384. The lowest BCUT2D eigenvalue weighted by Crippen LogP contribution is -2.32. The van der Waals surface area contributed by atoms with Crippen molar-refractivity contribution in [1.82, 2.24) is 0 Å². The summed E-state index contributed by atoms with van der Waals surface area (Å²) in [5.74, 6) is -0.00635. The molecule has 0 aliphatic carbocycles. The van der Waals surface area contributed by atoms with Crippen molar-refractivity contribution in [2.24, 2.45) is 5.73 Å². The van der Waals surface area contributed by atoms with Crippen molar-refractivity contribution in [2.45, 2.75) is 12.5 Å². The minimum Gasteiger partial charge on any atom is -0.496 e. The summed E-state index contributed by atoms with van der Waals surface area (Å²) < 4.78 is 10.7. The molecule has 2 rings (SSSR count). The minimum absolute atomic E-state index is 0.0463. The van der Waals surface area contributed by atoms with Gasteiger partial charge in [0.25, 0.3) is 5.69 Å². The number of rotatable bonds is 6. The molecule has 0 amide bonds. The van der Waals surface area contributed by atoms with E-state index in [1.54, 1.807) is 12.1 Å². The van der Waals surface area contributed by atoms with Crippen LogP contribution in [-0.4, -0.2) is 29.2 Å². The molecule has 0 spiro atoms. The smallest absolute Gasteiger partial charge is 0.320 e. The number of furan rings is 1. The van der Waals surface area contributed by atoms with E-state index in [1.165, 1.54) is 25.3 Å². The number of hydrogen-bond donors (Lipinski definition) is 2. The first-order valence-electron chi connectivity index (χ1n) is 6.32. The maximum atomic E-state index is 10.8. The number of methoxy groups -OCH3 is 1. The number of nitrogens with two attached hydrogens (primary N) is 1. The average Bonchev–Trinajstić information content (AvgIpc) is 2.94. The van der Waals surface area contributed by atoms with Crippen LogP contribution < -0.4 is 10.5 Å². The van der Waals surface area contributed by atoms with Gasteiger partial charge in [-0.05, 0) is 18.2 Å². The average molecular weight is 306 g/mol. The van der Waals surface area contributed by atoms with Gasteiger partial charge in [0.05, 0.1) is 23.7 Å². The summed E-state index contributed by atoms with van der Waals surface area (Å²) in [7, 11) is 1.40. The highest BCUT2D eigenvalue weighted by Gasteiger charge is 2.18. The van der Waals surface area contributed by atoms with Crippen molar-refractivity contribution in [1.29, 1.82) is 0 Å². The molecule has 0 saturated heterocycles. The summed E-state index contributed by atoms with van der Waals surface area (Å²) >= 11 is 0. The number of carboxylic acid groups (broad SMARTS) is 1.